The van der Waals surface area contributed by atoms with E-state index >= 15 is 0 Å². The van der Waals surface area contributed by atoms with Gasteiger partial charge in [-0.1, -0.05) is 0 Å². The number of hydrogen-bond acceptors (Lipinski definition) is 5. The number of aromatic nitrogens is 4. The van der Waals surface area contributed by atoms with Crippen LogP contribution in [-0.4, -0.2) is 19.7 Å². The summed E-state index contributed by atoms with van der Waals surface area (Å²) < 4.78 is 1.73. The third kappa shape index (κ3) is 1.74. The molecule has 2 aromatic rings. The van der Waals surface area contributed by atoms with Crippen LogP contribution in [0.15, 0.2) is 18.5 Å². The second-order valence-electron chi connectivity index (χ2n) is 3.09. The lowest BCUT2D eigenvalue weighted by Crippen LogP contribution is -1.99. The normalized spacial score (nSPS) is 10.5. The van der Waals surface area contributed by atoms with Crippen LogP contribution in [0.1, 0.15) is 6.92 Å². The largest absolute Gasteiger partial charge is 0.384 e. The molecule has 0 saturated heterocycles. The van der Waals surface area contributed by atoms with Gasteiger partial charge < -0.3 is 11.5 Å². The molecule has 78 valence electrons. The molecule has 2 rings (SSSR count). The SMILES string of the molecule is CCn1cnc(-c2ccc(N)nc2N)n1. The van der Waals surface area contributed by atoms with Crippen molar-refractivity contribution in [1.29, 1.82) is 0 Å². The van der Waals surface area contributed by atoms with Gasteiger partial charge in [0.05, 0.1) is 5.56 Å². The minimum Gasteiger partial charge on any atom is -0.384 e. The molecule has 2 aromatic heterocycles. The Morgan fingerprint density at radius 3 is 2.73 bits per heavy atom. The molecule has 0 spiro atoms. The van der Waals surface area contributed by atoms with E-state index in [0.717, 1.165) is 6.54 Å². The van der Waals surface area contributed by atoms with Gasteiger partial charge in [0.1, 0.15) is 18.0 Å². The third-order valence-electron chi connectivity index (χ3n) is 2.05. The summed E-state index contributed by atoms with van der Waals surface area (Å²) in [7, 11) is 0. The minimum atomic E-state index is 0.351. The number of anilines is 2. The summed E-state index contributed by atoms with van der Waals surface area (Å²) in [6.07, 6.45) is 1.66. The van der Waals surface area contributed by atoms with Gasteiger partial charge >= 0.3 is 0 Å². The first kappa shape index (κ1) is 9.45. The predicted octanol–water partition coefficient (Wildman–Crippen LogP) is 0.524. The lowest BCUT2D eigenvalue weighted by Gasteiger charge is -2.00. The standard InChI is InChI=1S/C9H12N6/c1-2-15-5-12-9(14-15)6-3-4-7(10)13-8(6)11/h3-5H,2H2,1H3,(H4,10,11,13). The number of nitrogen functional groups attached to an aromatic ring is 2. The van der Waals surface area contributed by atoms with Gasteiger partial charge in [-0.2, -0.15) is 5.10 Å². The van der Waals surface area contributed by atoms with Crippen LogP contribution in [0.25, 0.3) is 11.4 Å². The third-order valence-corrected chi connectivity index (χ3v) is 2.05. The van der Waals surface area contributed by atoms with E-state index in [1.165, 1.54) is 0 Å². The highest BCUT2D eigenvalue weighted by Crippen LogP contribution is 2.21. The van der Waals surface area contributed by atoms with Gasteiger partial charge in [0.2, 0.25) is 0 Å². The van der Waals surface area contributed by atoms with E-state index in [1.54, 1.807) is 23.1 Å². The van der Waals surface area contributed by atoms with Crippen molar-refractivity contribution < 1.29 is 0 Å². The van der Waals surface area contributed by atoms with Gasteiger partial charge in [-0.3, -0.25) is 4.68 Å². The van der Waals surface area contributed by atoms with Gasteiger partial charge in [0.25, 0.3) is 0 Å². The zero-order valence-electron chi connectivity index (χ0n) is 8.38. The van der Waals surface area contributed by atoms with Crippen molar-refractivity contribution >= 4 is 11.6 Å². The van der Waals surface area contributed by atoms with Crippen molar-refractivity contribution in [2.45, 2.75) is 13.5 Å². The fraction of sp³-hybridized carbons (Fsp3) is 0.222. The van der Waals surface area contributed by atoms with Crippen molar-refractivity contribution in [2.24, 2.45) is 0 Å². The maximum atomic E-state index is 5.72. The zero-order chi connectivity index (χ0) is 10.8. The molecule has 4 N–H and O–H groups in total. The van der Waals surface area contributed by atoms with Crippen LogP contribution in [0.5, 0.6) is 0 Å². The number of nitrogens with zero attached hydrogens (tertiary/aromatic N) is 4. The number of aryl methyl sites for hydroxylation is 1. The molecule has 0 bridgehead atoms. The Kier molecular flexibility index (Phi) is 2.24. The summed E-state index contributed by atoms with van der Waals surface area (Å²) in [5.41, 5.74) is 11.9. The number of pyridine rings is 1. The molecule has 6 heteroatoms. The maximum absolute atomic E-state index is 5.72. The summed E-state index contributed by atoms with van der Waals surface area (Å²) in [6.45, 7) is 2.76. The van der Waals surface area contributed by atoms with Crippen LogP contribution < -0.4 is 11.5 Å². The molecule has 0 saturated carbocycles. The number of nitrogens with two attached hydrogens (primary N) is 2. The highest BCUT2D eigenvalue weighted by molar-refractivity contribution is 5.69. The zero-order valence-corrected chi connectivity index (χ0v) is 8.38. The first-order chi connectivity index (χ1) is 7.20. The molecule has 0 aliphatic heterocycles. The molecule has 0 amide bonds. The van der Waals surface area contributed by atoms with Crippen molar-refractivity contribution in [3.05, 3.63) is 18.5 Å². The molecule has 0 fully saturated rings. The van der Waals surface area contributed by atoms with Crippen LogP contribution in [0.3, 0.4) is 0 Å². The molecule has 0 atom stereocenters. The smallest absolute Gasteiger partial charge is 0.184 e. The van der Waals surface area contributed by atoms with Crippen LogP contribution >= 0.6 is 0 Å². The lowest BCUT2D eigenvalue weighted by molar-refractivity contribution is 0.659. The summed E-state index contributed by atoms with van der Waals surface area (Å²) in [4.78, 5) is 8.09. The first-order valence-corrected chi connectivity index (χ1v) is 4.62. The highest BCUT2D eigenvalue weighted by atomic mass is 15.3. The van der Waals surface area contributed by atoms with Crippen LogP contribution in [0, 0.1) is 0 Å². The van der Waals surface area contributed by atoms with Crippen molar-refractivity contribution in [1.82, 2.24) is 19.7 Å². The summed E-state index contributed by atoms with van der Waals surface area (Å²) in [5, 5.41) is 4.23. The molecule has 2 heterocycles. The molecule has 15 heavy (non-hydrogen) atoms. The van der Waals surface area contributed by atoms with Crippen LogP contribution in [0.2, 0.25) is 0 Å². The molecule has 0 aliphatic rings. The van der Waals surface area contributed by atoms with Gasteiger partial charge in [0.15, 0.2) is 5.82 Å². The van der Waals surface area contributed by atoms with E-state index in [2.05, 4.69) is 15.1 Å². The Labute approximate surface area is 86.9 Å². The molecular formula is C9H12N6. The molecule has 0 unspecified atom stereocenters. The van der Waals surface area contributed by atoms with Crippen LogP contribution in [0.4, 0.5) is 11.6 Å². The second kappa shape index (κ2) is 3.56. The van der Waals surface area contributed by atoms with E-state index in [-0.39, 0.29) is 0 Å². The molecule has 0 radical (unpaired) electrons. The van der Waals surface area contributed by atoms with Gasteiger partial charge in [-0.05, 0) is 19.1 Å². The average Bonchev–Trinajstić information content (AvgIpc) is 2.66. The number of hydrogen-bond donors (Lipinski definition) is 2. The quantitative estimate of drug-likeness (QED) is 0.743. The van der Waals surface area contributed by atoms with Crippen LogP contribution in [-0.2, 0) is 6.54 Å². The van der Waals surface area contributed by atoms with Crippen molar-refractivity contribution in [2.75, 3.05) is 11.5 Å². The highest BCUT2D eigenvalue weighted by Gasteiger charge is 2.08. The Morgan fingerprint density at radius 2 is 2.13 bits per heavy atom. The molecular weight excluding hydrogens is 192 g/mol. The van der Waals surface area contributed by atoms with Gasteiger partial charge in [-0.25, -0.2) is 9.97 Å². The van der Waals surface area contributed by atoms with E-state index in [9.17, 15) is 0 Å². The molecule has 0 aromatic carbocycles. The minimum absolute atomic E-state index is 0.351. The topological polar surface area (TPSA) is 95.6 Å². The van der Waals surface area contributed by atoms with E-state index < -0.39 is 0 Å². The Hall–Kier alpha value is -2.11. The summed E-state index contributed by atoms with van der Waals surface area (Å²) >= 11 is 0. The first-order valence-electron chi connectivity index (χ1n) is 4.62. The Morgan fingerprint density at radius 1 is 1.33 bits per heavy atom. The summed E-state index contributed by atoms with van der Waals surface area (Å²) in [6, 6.07) is 3.45. The maximum Gasteiger partial charge on any atom is 0.184 e. The second-order valence-corrected chi connectivity index (χ2v) is 3.09. The van der Waals surface area contributed by atoms with E-state index in [1.807, 2.05) is 6.92 Å². The Bertz CT molecular complexity index is 475. The van der Waals surface area contributed by atoms with Gasteiger partial charge in [-0.15, -0.1) is 0 Å². The van der Waals surface area contributed by atoms with E-state index in [4.69, 9.17) is 11.5 Å². The van der Waals surface area contributed by atoms with Crippen molar-refractivity contribution in [3.8, 4) is 11.4 Å². The summed E-state index contributed by atoms with van der Waals surface area (Å²) in [5.74, 6) is 1.32. The average molecular weight is 204 g/mol. The molecule has 6 nitrogen and oxygen atoms in total. The number of rotatable bonds is 2. The Balaban J connectivity index is 2.44. The predicted molar refractivity (Wildman–Crippen MR) is 57.8 cm³/mol. The van der Waals surface area contributed by atoms with Crippen molar-refractivity contribution in [3.63, 3.8) is 0 Å². The molecule has 0 aliphatic carbocycles. The lowest BCUT2D eigenvalue weighted by atomic mass is 10.2. The fourth-order valence-corrected chi connectivity index (χ4v) is 1.25. The van der Waals surface area contributed by atoms with Gasteiger partial charge in [0, 0.05) is 6.54 Å². The van der Waals surface area contributed by atoms with E-state index in [0.29, 0.717) is 23.0 Å². The monoisotopic (exact) mass is 204 g/mol. The fourth-order valence-electron chi connectivity index (χ4n) is 1.25.